The van der Waals surface area contributed by atoms with E-state index in [4.69, 9.17) is 14.6 Å². The number of carboxylic acid groups (broad SMARTS) is 1. The number of amides is 3. The second-order valence-corrected chi connectivity index (χ2v) is 11.1. The first-order valence-corrected chi connectivity index (χ1v) is 14.7. The van der Waals surface area contributed by atoms with E-state index in [0.717, 1.165) is 4.47 Å². The summed E-state index contributed by atoms with van der Waals surface area (Å²) < 4.78 is 39.4. The topological polar surface area (TPSA) is 120 Å². The molecule has 0 radical (unpaired) electrons. The number of anilines is 2. The van der Waals surface area contributed by atoms with Gasteiger partial charge in [-0.15, -0.1) is 0 Å². The third kappa shape index (κ3) is 9.38. The number of carbonyl (C=O) groups is 3. The highest BCUT2D eigenvalue weighted by Crippen LogP contribution is 2.28. The van der Waals surface area contributed by atoms with Gasteiger partial charge in [0, 0.05) is 30.5 Å². The first kappa shape index (κ1) is 32.7. The van der Waals surface area contributed by atoms with Gasteiger partial charge in [0.15, 0.2) is 0 Å². The Kier molecular flexibility index (Phi) is 11.1. The van der Waals surface area contributed by atoms with Crippen molar-refractivity contribution in [2.75, 3.05) is 57.1 Å². The van der Waals surface area contributed by atoms with Crippen molar-refractivity contribution < 1.29 is 37.7 Å². The van der Waals surface area contributed by atoms with Crippen LogP contribution < -0.4 is 20.1 Å². The molecule has 10 nitrogen and oxygen atoms in total. The van der Waals surface area contributed by atoms with Crippen molar-refractivity contribution in [3.05, 3.63) is 82.3 Å². The molecular formula is C31H33BrF2N4O6. The Hall–Kier alpha value is -4.23. The fourth-order valence-corrected chi connectivity index (χ4v) is 5.05. The van der Waals surface area contributed by atoms with Crippen LogP contribution in [0.3, 0.4) is 0 Å². The molecule has 1 aliphatic rings. The lowest BCUT2D eigenvalue weighted by atomic mass is 10.1. The number of carboxylic acids is 1. The van der Waals surface area contributed by atoms with Gasteiger partial charge < -0.3 is 30.1 Å². The molecule has 13 heteroatoms. The second kappa shape index (κ2) is 15.0. The van der Waals surface area contributed by atoms with Gasteiger partial charge in [-0.05, 0) is 70.0 Å². The maximum atomic E-state index is 13.7. The molecule has 0 saturated carbocycles. The Balaban J connectivity index is 1.39. The van der Waals surface area contributed by atoms with E-state index in [1.165, 1.54) is 31.4 Å². The number of benzene rings is 3. The van der Waals surface area contributed by atoms with Crippen LogP contribution in [0.15, 0.2) is 71.2 Å². The third-order valence-electron chi connectivity index (χ3n) is 7.01. The minimum absolute atomic E-state index is 0.00324. The van der Waals surface area contributed by atoms with E-state index in [9.17, 15) is 23.2 Å². The quantitative estimate of drug-likeness (QED) is 0.216. The molecule has 1 heterocycles. The Morgan fingerprint density at radius 2 is 1.75 bits per heavy atom. The average Bonchev–Trinajstić information content (AvgIpc) is 3.35. The lowest BCUT2D eigenvalue weighted by Gasteiger charge is -2.26. The normalized spacial score (nSPS) is 14.1. The van der Waals surface area contributed by atoms with Gasteiger partial charge in [-0.2, -0.15) is 0 Å². The van der Waals surface area contributed by atoms with Gasteiger partial charge in [0.2, 0.25) is 5.91 Å². The standard InChI is InChI=1S/C31H33BrF2N4O6/c1-43-27-18-21(6-11-26(27)36-30(42)35-25-5-3-2-4-24(25)32)19-28(39)38(15-14-37-13-12-31(33,34)20-37)16-17-44-23-9-7-22(8-10-23)29(40)41/h2-11,18H,12-17,19-20H2,1H3,(H,40,41)(H2,35,36,42). The molecule has 1 aliphatic heterocycles. The molecule has 3 aromatic carbocycles. The Morgan fingerprint density at radius 3 is 2.41 bits per heavy atom. The predicted octanol–water partition coefficient (Wildman–Crippen LogP) is 5.59. The van der Waals surface area contributed by atoms with Gasteiger partial charge in [0.1, 0.15) is 18.1 Å². The number of halogens is 3. The van der Waals surface area contributed by atoms with E-state index in [1.807, 2.05) is 6.07 Å². The molecule has 44 heavy (non-hydrogen) atoms. The fraction of sp³-hybridized carbons (Fsp3) is 0.323. The number of alkyl halides is 2. The molecule has 234 valence electrons. The van der Waals surface area contributed by atoms with E-state index in [-0.39, 0.29) is 63.6 Å². The Morgan fingerprint density at radius 1 is 1.02 bits per heavy atom. The lowest BCUT2D eigenvalue weighted by Crippen LogP contribution is -2.41. The smallest absolute Gasteiger partial charge is 0.335 e. The average molecular weight is 676 g/mol. The summed E-state index contributed by atoms with van der Waals surface area (Å²) in [4.78, 5) is 40.3. The molecule has 1 fully saturated rings. The zero-order chi connectivity index (χ0) is 31.7. The summed E-state index contributed by atoms with van der Waals surface area (Å²) >= 11 is 3.39. The number of methoxy groups -OCH3 is 1. The number of urea groups is 1. The number of nitrogens with one attached hydrogen (secondary N) is 2. The molecule has 0 atom stereocenters. The molecule has 0 unspecified atom stereocenters. The van der Waals surface area contributed by atoms with Crippen LogP contribution in [0, 0.1) is 0 Å². The van der Waals surface area contributed by atoms with Gasteiger partial charge >= 0.3 is 12.0 Å². The van der Waals surface area contributed by atoms with Crippen LogP contribution in [-0.2, 0) is 11.2 Å². The number of para-hydroxylation sites is 1. The van der Waals surface area contributed by atoms with Crippen LogP contribution in [0.5, 0.6) is 11.5 Å². The van der Waals surface area contributed by atoms with Gasteiger partial charge in [-0.1, -0.05) is 18.2 Å². The van der Waals surface area contributed by atoms with E-state index >= 15 is 0 Å². The monoisotopic (exact) mass is 674 g/mol. The van der Waals surface area contributed by atoms with Crippen LogP contribution in [0.2, 0.25) is 0 Å². The summed E-state index contributed by atoms with van der Waals surface area (Å²) in [6.07, 6.45) is -0.208. The molecule has 4 rings (SSSR count). The molecule has 3 amide bonds. The van der Waals surface area contributed by atoms with Crippen LogP contribution in [0.1, 0.15) is 22.3 Å². The molecule has 0 bridgehead atoms. The van der Waals surface area contributed by atoms with Crippen molar-refractivity contribution >= 4 is 45.2 Å². The number of aromatic carboxylic acids is 1. The number of hydrogen-bond donors (Lipinski definition) is 3. The van der Waals surface area contributed by atoms with Crippen molar-refractivity contribution in [1.82, 2.24) is 9.80 Å². The molecule has 3 N–H and O–H groups in total. The van der Waals surface area contributed by atoms with Crippen LogP contribution in [0.4, 0.5) is 25.0 Å². The highest BCUT2D eigenvalue weighted by Gasteiger charge is 2.38. The highest BCUT2D eigenvalue weighted by atomic mass is 79.9. The van der Waals surface area contributed by atoms with Crippen LogP contribution in [-0.4, -0.2) is 85.2 Å². The lowest BCUT2D eigenvalue weighted by molar-refractivity contribution is -0.131. The van der Waals surface area contributed by atoms with E-state index in [2.05, 4.69) is 26.6 Å². The zero-order valence-corrected chi connectivity index (χ0v) is 25.6. The molecule has 3 aromatic rings. The summed E-state index contributed by atoms with van der Waals surface area (Å²) in [6.45, 7) is 0.725. The van der Waals surface area contributed by atoms with Crippen molar-refractivity contribution in [1.29, 1.82) is 0 Å². The fourth-order valence-electron chi connectivity index (χ4n) is 4.66. The highest BCUT2D eigenvalue weighted by molar-refractivity contribution is 9.10. The number of likely N-dealkylation sites (tertiary alicyclic amines) is 1. The molecule has 0 aromatic heterocycles. The summed E-state index contributed by atoms with van der Waals surface area (Å²) in [5, 5.41) is 14.6. The van der Waals surface area contributed by atoms with Gasteiger partial charge in [-0.25, -0.2) is 18.4 Å². The van der Waals surface area contributed by atoms with Gasteiger partial charge in [0.05, 0.1) is 43.6 Å². The summed E-state index contributed by atoms with van der Waals surface area (Å²) in [6, 6.07) is 17.6. The van der Waals surface area contributed by atoms with Gasteiger partial charge in [-0.3, -0.25) is 9.69 Å². The predicted molar refractivity (Wildman–Crippen MR) is 165 cm³/mol. The SMILES string of the molecule is COc1cc(CC(=O)N(CCOc2ccc(C(=O)O)cc2)CCN2CCC(F)(F)C2)ccc1NC(=O)Nc1ccccc1Br. The molecular weight excluding hydrogens is 642 g/mol. The molecule has 1 saturated heterocycles. The van der Waals surface area contributed by atoms with E-state index < -0.39 is 17.9 Å². The first-order chi connectivity index (χ1) is 21.0. The molecule has 0 aliphatic carbocycles. The van der Waals surface area contributed by atoms with Crippen molar-refractivity contribution in [3.8, 4) is 11.5 Å². The Bertz CT molecular complexity index is 1470. The summed E-state index contributed by atoms with van der Waals surface area (Å²) in [5.74, 6) is -3.23. The minimum atomic E-state index is -2.74. The Labute approximate surface area is 262 Å². The second-order valence-electron chi connectivity index (χ2n) is 10.2. The largest absolute Gasteiger partial charge is 0.495 e. The summed E-state index contributed by atoms with van der Waals surface area (Å²) in [5.41, 5.74) is 1.75. The number of nitrogens with zero attached hydrogens (tertiary/aromatic N) is 2. The van der Waals surface area contributed by atoms with Crippen molar-refractivity contribution in [2.24, 2.45) is 0 Å². The van der Waals surface area contributed by atoms with Crippen LogP contribution >= 0.6 is 15.9 Å². The summed E-state index contributed by atoms with van der Waals surface area (Å²) in [7, 11) is 1.45. The van der Waals surface area contributed by atoms with Crippen molar-refractivity contribution in [3.63, 3.8) is 0 Å². The third-order valence-corrected chi connectivity index (χ3v) is 7.70. The minimum Gasteiger partial charge on any atom is -0.495 e. The zero-order valence-electron chi connectivity index (χ0n) is 24.0. The maximum Gasteiger partial charge on any atom is 0.335 e. The number of rotatable bonds is 13. The first-order valence-electron chi connectivity index (χ1n) is 13.9. The van der Waals surface area contributed by atoms with E-state index in [1.54, 1.807) is 46.2 Å². The molecule has 0 spiro atoms. The number of hydrogen-bond acceptors (Lipinski definition) is 6. The van der Waals surface area contributed by atoms with Gasteiger partial charge in [0.25, 0.3) is 5.92 Å². The number of ether oxygens (including phenoxy) is 2. The van der Waals surface area contributed by atoms with E-state index in [0.29, 0.717) is 28.4 Å². The maximum absolute atomic E-state index is 13.7. The van der Waals surface area contributed by atoms with Crippen LogP contribution in [0.25, 0.3) is 0 Å². The number of carbonyl (C=O) groups excluding carboxylic acids is 2. The van der Waals surface area contributed by atoms with Crippen molar-refractivity contribution in [2.45, 2.75) is 18.8 Å².